The molecule has 1 aromatic rings. The molecule has 1 heterocycles. The third-order valence-electron chi connectivity index (χ3n) is 6.34. The van der Waals surface area contributed by atoms with Crippen LogP contribution in [0.1, 0.15) is 31.7 Å². The molecule has 2 rings (SSSR count). The zero-order valence-corrected chi connectivity index (χ0v) is 24.4. The van der Waals surface area contributed by atoms with Gasteiger partial charge in [0, 0.05) is 26.3 Å². The summed E-state index contributed by atoms with van der Waals surface area (Å²) in [6.45, 7) is -0.407. The second kappa shape index (κ2) is 17.7. The van der Waals surface area contributed by atoms with Crippen molar-refractivity contribution in [2.75, 3.05) is 33.3 Å². The topological polar surface area (TPSA) is 256 Å². The van der Waals surface area contributed by atoms with E-state index < -0.39 is 85.0 Å². The van der Waals surface area contributed by atoms with E-state index in [1.165, 1.54) is 14.0 Å². The molecule has 0 radical (unpaired) electrons. The summed E-state index contributed by atoms with van der Waals surface area (Å²) < 4.78 is 5.13. The fourth-order valence-corrected chi connectivity index (χ4v) is 4.00. The number of ether oxygens (including phenoxy) is 1. The number of carbonyl (C=O) groups excluding carboxylic acids is 8. The predicted octanol–water partition coefficient (Wildman–Crippen LogP) is -4.15. The summed E-state index contributed by atoms with van der Waals surface area (Å²) in [7, 11) is 1.49. The lowest BCUT2D eigenvalue weighted by molar-refractivity contribution is -0.132. The third-order valence-corrected chi connectivity index (χ3v) is 6.34. The monoisotopic (exact) mass is 618 g/mol. The van der Waals surface area contributed by atoms with Crippen molar-refractivity contribution in [2.45, 2.75) is 50.7 Å². The second-order valence-corrected chi connectivity index (χ2v) is 9.84. The Balaban J connectivity index is 2.25. The highest BCUT2D eigenvalue weighted by molar-refractivity contribution is 5.95. The molecular formula is C27H38N8O9. The summed E-state index contributed by atoms with van der Waals surface area (Å²) in [5.41, 5.74) is 6.02. The molecule has 1 aliphatic rings. The van der Waals surface area contributed by atoms with Crippen molar-refractivity contribution in [1.29, 1.82) is 0 Å². The maximum atomic E-state index is 13.0. The lowest BCUT2D eigenvalue weighted by atomic mass is 10.0. The molecular weight excluding hydrogens is 580 g/mol. The van der Waals surface area contributed by atoms with Crippen molar-refractivity contribution in [3.8, 4) is 5.75 Å². The summed E-state index contributed by atoms with van der Waals surface area (Å²) in [4.78, 5) is 98.9. The van der Waals surface area contributed by atoms with Gasteiger partial charge in [-0.15, -0.1) is 0 Å². The zero-order valence-electron chi connectivity index (χ0n) is 24.4. The number of nitrogens with two attached hydrogens (primary N) is 1. The Morgan fingerprint density at radius 2 is 1.52 bits per heavy atom. The van der Waals surface area contributed by atoms with Crippen molar-refractivity contribution in [2.24, 2.45) is 5.73 Å². The number of carbonyl (C=O) groups is 8. The second-order valence-electron chi connectivity index (χ2n) is 9.84. The van der Waals surface area contributed by atoms with Crippen molar-refractivity contribution in [1.82, 2.24) is 37.2 Å². The first kappa shape index (κ1) is 35.0. The van der Waals surface area contributed by atoms with Crippen LogP contribution in [0.5, 0.6) is 5.75 Å². The van der Waals surface area contributed by atoms with Crippen LogP contribution in [-0.2, 0) is 44.8 Å². The van der Waals surface area contributed by atoms with E-state index in [2.05, 4.69) is 37.2 Å². The zero-order chi connectivity index (χ0) is 32.6. The highest BCUT2D eigenvalue weighted by atomic mass is 16.5. The Morgan fingerprint density at radius 1 is 0.886 bits per heavy atom. The molecule has 0 spiro atoms. The van der Waals surface area contributed by atoms with Gasteiger partial charge in [-0.2, -0.15) is 0 Å². The molecule has 17 heteroatoms. The summed E-state index contributed by atoms with van der Waals surface area (Å²) in [6, 6.07) is 3.10. The minimum atomic E-state index is -1.26. The van der Waals surface area contributed by atoms with Gasteiger partial charge in [-0.3, -0.25) is 38.4 Å². The summed E-state index contributed by atoms with van der Waals surface area (Å²) in [6.07, 6.45) is -0.463. The number of rotatable bonds is 7. The third kappa shape index (κ3) is 12.7. The molecule has 0 bridgehead atoms. The van der Waals surface area contributed by atoms with Crippen LogP contribution in [0.3, 0.4) is 0 Å². The van der Waals surface area contributed by atoms with Crippen molar-refractivity contribution in [3.05, 3.63) is 29.8 Å². The van der Waals surface area contributed by atoms with E-state index >= 15 is 0 Å². The quantitative estimate of drug-likeness (QED) is 0.147. The van der Waals surface area contributed by atoms with Crippen LogP contribution in [0.25, 0.3) is 0 Å². The molecule has 0 aromatic heterocycles. The van der Waals surface area contributed by atoms with E-state index in [9.17, 15) is 38.4 Å². The van der Waals surface area contributed by atoms with Crippen LogP contribution in [0.15, 0.2) is 24.3 Å². The van der Waals surface area contributed by atoms with Gasteiger partial charge in [0.2, 0.25) is 47.3 Å². The van der Waals surface area contributed by atoms with E-state index in [1.54, 1.807) is 24.3 Å². The lowest BCUT2D eigenvalue weighted by Gasteiger charge is -2.21. The molecule has 1 fully saturated rings. The molecule has 0 aliphatic carbocycles. The van der Waals surface area contributed by atoms with Crippen LogP contribution in [0, 0.1) is 0 Å². The highest BCUT2D eigenvalue weighted by Gasteiger charge is 2.26. The summed E-state index contributed by atoms with van der Waals surface area (Å²) in [5.74, 6) is -5.01. The van der Waals surface area contributed by atoms with Crippen LogP contribution in [0.4, 0.5) is 0 Å². The van der Waals surface area contributed by atoms with E-state index in [1.807, 2.05) is 0 Å². The fraction of sp³-hybridized carbons (Fsp3) is 0.481. The molecule has 1 saturated heterocycles. The molecule has 44 heavy (non-hydrogen) atoms. The number of nitrogens with one attached hydrogen (secondary N) is 7. The van der Waals surface area contributed by atoms with Gasteiger partial charge >= 0.3 is 0 Å². The van der Waals surface area contributed by atoms with E-state index in [0.29, 0.717) is 11.3 Å². The van der Waals surface area contributed by atoms with E-state index in [0.717, 1.165) is 0 Å². The van der Waals surface area contributed by atoms with Crippen molar-refractivity contribution >= 4 is 47.3 Å². The van der Waals surface area contributed by atoms with Gasteiger partial charge in [0.15, 0.2) is 0 Å². The molecule has 240 valence electrons. The number of primary amides is 1. The number of hydrogen-bond acceptors (Lipinski definition) is 9. The summed E-state index contributed by atoms with van der Waals surface area (Å²) >= 11 is 0. The number of benzene rings is 1. The van der Waals surface area contributed by atoms with Crippen molar-refractivity contribution in [3.63, 3.8) is 0 Å². The highest BCUT2D eigenvalue weighted by Crippen LogP contribution is 2.13. The normalized spacial score (nSPS) is 21.0. The van der Waals surface area contributed by atoms with Gasteiger partial charge in [-0.1, -0.05) is 12.1 Å². The van der Waals surface area contributed by atoms with Gasteiger partial charge in [0.1, 0.15) is 23.9 Å². The molecule has 1 aromatic carbocycles. The molecule has 9 N–H and O–H groups in total. The molecule has 17 nitrogen and oxygen atoms in total. The van der Waals surface area contributed by atoms with Crippen LogP contribution >= 0.6 is 0 Å². The van der Waals surface area contributed by atoms with Gasteiger partial charge in [0.05, 0.1) is 26.7 Å². The van der Waals surface area contributed by atoms with Gasteiger partial charge < -0.3 is 47.7 Å². The maximum absolute atomic E-state index is 13.0. The molecule has 3 atom stereocenters. The molecule has 8 amide bonds. The Hall–Kier alpha value is -5.22. The smallest absolute Gasteiger partial charge is 0.243 e. The average molecular weight is 619 g/mol. The maximum Gasteiger partial charge on any atom is 0.243 e. The van der Waals surface area contributed by atoms with Gasteiger partial charge in [0.25, 0.3) is 0 Å². The Kier molecular flexibility index (Phi) is 14.0. The predicted molar refractivity (Wildman–Crippen MR) is 153 cm³/mol. The largest absolute Gasteiger partial charge is 0.497 e. The van der Waals surface area contributed by atoms with Crippen LogP contribution in [0.2, 0.25) is 0 Å². The number of methoxy groups -OCH3 is 1. The minimum absolute atomic E-state index is 0.0106. The summed E-state index contributed by atoms with van der Waals surface area (Å²) in [5, 5.41) is 16.9. The Labute approximate surface area is 253 Å². The molecule has 0 saturated carbocycles. The SMILES string of the molecule is COc1ccc(C[C@H]2NC(=O)CNC(=O)[C@@H](NC(=O)CNC(C)=O)CCC(=O)NCC[C@@H](C(N)=O)NC(=O)CNC2=O)cc1. The minimum Gasteiger partial charge on any atom is -0.497 e. The van der Waals surface area contributed by atoms with Gasteiger partial charge in [-0.25, -0.2) is 0 Å². The molecule has 1 aliphatic heterocycles. The van der Waals surface area contributed by atoms with E-state index in [-0.39, 0.29) is 32.2 Å². The fourth-order valence-electron chi connectivity index (χ4n) is 4.00. The first-order chi connectivity index (χ1) is 20.9. The van der Waals surface area contributed by atoms with Gasteiger partial charge in [-0.05, 0) is 30.5 Å². The number of amides is 8. The number of hydrogen-bond donors (Lipinski definition) is 8. The van der Waals surface area contributed by atoms with Crippen LogP contribution < -0.4 is 47.7 Å². The average Bonchev–Trinajstić information content (AvgIpc) is 2.98. The Morgan fingerprint density at radius 3 is 2.14 bits per heavy atom. The molecule has 0 unspecified atom stereocenters. The lowest BCUT2D eigenvalue weighted by Crippen LogP contribution is -2.54. The van der Waals surface area contributed by atoms with E-state index in [4.69, 9.17) is 10.5 Å². The first-order valence-corrected chi connectivity index (χ1v) is 13.7. The van der Waals surface area contributed by atoms with Crippen LogP contribution in [-0.4, -0.2) is 98.7 Å². The standard InChI is InChI=1S/C27H38N8O9/c1-15(36)30-12-22(38)34-19-7-8-21(37)29-10-9-18(25(28)41)33-23(39)13-32-27(43)20(35-24(40)14-31-26(19)42)11-16-3-5-17(44-2)6-4-16/h3-6,18-20H,7-14H2,1-2H3,(H2,28,41)(H,29,37)(H,30,36)(H,31,42)(H,32,43)(H,33,39)(H,34,38)(H,35,40)/t18-,19-,20+/m0/s1. The first-order valence-electron chi connectivity index (χ1n) is 13.7. The van der Waals surface area contributed by atoms with Crippen molar-refractivity contribution < 1.29 is 43.1 Å². The Bertz CT molecular complexity index is 1240.